The summed E-state index contributed by atoms with van der Waals surface area (Å²) in [5, 5.41) is 5.62. The maximum Gasteiger partial charge on any atom is 0.252 e. The third kappa shape index (κ3) is 9.85. The van der Waals surface area contributed by atoms with Gasteiger partial charge in [0.25, 0.3) is 5.91 Å². The number of likely N-dealkylation sites (tertiary alicyclic amines) is 1. The lowest BCUT2D eigenvalue weighted by Gasteiger charge is -2.38. The minimum atomic E-state index is -0.838. The molecule has 7 heteroatoms. The Bertz CT molecular complexity index is 1270. The first-order chi connectivity index (χ1) is 19.6. The van der Waals surface area contributed by atoms with Gasteiger partial charge in [0.15, 0.2) is 0 Å². The van der Waals surface area contributed by atoms with Gasteiger partial charge in [-0.05, 0) is 66.5 Å². The molecule has 0 saturated carbocycles. The summed E-state index contributed by atoms with van der Waals surface area (Å²) >= 11 is 0. The van der Waals surface area contributed by atoms with Gasteiger partial charge in [-0.15, -0.1) is 0 Å². The van der Waals surface area contributed by atoms with Gasteiger partial charge in [-0.25, -0.2) is 0 Å². The number of benzene rings is 2. The SMILES string of the molecule is CC(=O)Nc1cccc(C(=O)NC(C(=O)N2CCCCC2c2cccnc2)c2ccccc2)c1.CCCC(C)(C)C. The van der Waals surface area contributed by atoms with E-state index in [1.54, 1.807) is 36.7 Å². The predicted molar refractivity (Wildman–Crippen MR) is 164 cm³/mol. The fourth-order valence-corrected chi connectivity index (χ4v) is 5.12. The number of aromatic nitrogens is 1. The minimum absolute atomic E-state index is 0.0823. The standard InChI is InChI=1S/C27H28N4O3.C7H16/c1-19(32)29-23-13-7-11-21(17-23)26(33)30-25(20-9-3-2-4-10-20)27(34)31-16-6-5-14-24(31)22-12-8-15-28-18-22;1-5-6-7(2,3)4/h2-4,7-13,15,17-18,24-25H,5-6,14,16H2,1H3,(H,29,32)(H,30,33);5-6H2,1-4H3. The monoisotopic (exact) mass is 556 g/mol. The van der Waals surface area contributed by atoms with Gasteiger partial charge >= 0.3 is 0 Å². The van der Waals surface area contributed by atoms with Crippen molar-refractivity contribution < 1.29 is 14.4 Å². The first-order valence-corrected chi connectivity index (χ1v) is 14.5. The van der Waals surface area contributed by atoms with E-state index in [-0.39, 0.29) is 23.8 Å². The summed E-state index contributed by atoms with van der Waals surface area (Å²) in [7, 11) is 0. The predicted octanol–water partition coefficient (Wildman–Crippen LogP) is 7.10. The zero-order valence-electron chi connectivity index (χ0n) is 25.0. The Morgan fingerprint density at radius 2 is 1.76 bits per heavy atom. The van der Waals surface area contributed by atoms with Crippen LogP contribution in [0, 0.1) is 5.41 Å². The van der Waals surface area contributed by atoms with Crippen molar-refractivity contribution in [1.82, 2.24) is 15.2 Å². The highest BCUT2D eigenvalue weighted by molar-refractivity contribution is 5.99. The van der Waals surface area contributed by atoms with Crippen molar-refractivity contribution in [3.05, 3.63) is 95.8 Å². The maximum atomic E-state index is 13.9. The van der Waals surface area contributed by atoms with Crippen LogP contribution in [0.25, 0.3) is 0 Å². The number of hydrogen-bond acceptors (Lipinski definition) is 4. The van der Waals surface area contributed by atoms with Crippen LogP contribution in [0.5, 0.6) is 0 Å². The van der Waals surface area contributed by atoms with Crippen LogP contribution in [0.3, 0.4) is 0 Å². The summed E-state index contributed by atoms with van der Waals surface area (Å²) in [5.41, 5.74) is 3.15. The van der Waals surface area contributed by atoms with Crippen LogP contribution in [0.4, 0.5) is 5.69 Å². The molecule has 0 bridgehead atoms. The number of piperidine rings is 1. The number of pyridine rings is 1. The van der Waals surface area contributed by atoms with Gasteiger partial charge in [-0.3, -0.25) is 19.4 Å². The molecule has 2 aromatic carbocycles. The average Bonchev–Trinajstić information content (AvgIpc) is 2.96. The molecule has 1 aliphatic rings. The lowest BCUT2D eigenvalue weighted by molar-refractivity contribution is -0.137. The highest BCUT2D eigenvalue weighted by atomic mass is 16.2. The van der Waals surface area contributed by atoms with E-state index >= 15 is 0 Å². The molecule has 7 nitrogen and oxygen atoms in total. The lowest BCUT2D eigenvalue weighted by Crippen LogP contribution is -2.46. The Morgan fingerprint density at radius 1 is 1.00 bits per heavy atom. The van der Waals surface area contributed by atoms with Crippen LogP contribution >= 0.6 is 0 Å². The van der Waals surface area contributed by atoms with E-state index in [4.69, 9.17) is 0 Å². The summed E-state index contributed by atoms with van der Waals surface area (Å²) in [6.45, 7) is 11.1. The third-order valence-electron chi connectivity index (χ3n) is 6.96. The summed E-state index contributed by atoms with van der Waals surface area (Å²) in [6, 6.07) is 18.9. The van der Waals surface area contributed by atoms with E-state index in [9.17, 15) is 14.4 Å². The van der Waals surface area contributed by atoms with Crippen molar-refractivity contribution in [2.45, 2.75) is 78.8 Å². The molecule has 2 unspecified atom stereocenters. The summed E-state index contributed by atoms with van der Waals surface area (Å²) < 4.78 is 0. The highest BCUT2D eigenvalue weighted by Crippen LogP contribution is 2.33. The van der Waals surface area contributed by atoms with Gasteiger partial charge in [-0.2, -0.15) is 0 Å². The second-order valence-electron chi connectivity index (χ2n) is 11.7. The zero-order chi connectivity index (χ0) is 29.8. The molecule has 218 valence electrons. The number of carbonyl (C=O) groups excluding carboxylic acids is 3. The molecule has 1 aromatic heterocycles. The summed E-state index contributed by atoms with van der Waals surface area (Å²) in [6.07, 6.45) is 8.97. The normalized spacial score (nSPS) is 15.6. The average molecular weight is 557 g/mol. The van der Waals surface area contributed by atoms with Crippen LogP contribution in [-0.2, 0) is 9.59 Å². The molecule has 2 N–H and O–H groups in total. The second kappa shape index (κ2) is 15.1. The first kappa shape index (κ1) is 31.5. The molecule has 0 aliphatic carbocycles. The highest BCUT2D eigenvalue weighted by Gasteiger charge is 2.34. The van der Waals surface area contributed by atoms with Gasteiger partial charge in [0, 0.05) is 37.1 Å². The molecule has 0 radical (unpaired) electrons. The van der Waals surface area contributed by atoms with Crippen LogP contribution in [0.2, 0.25) is 0 Å². The molecular weight excluding hydrogens is 512 g/mol. The van der Waals surface area contributed by atoms with Crippen molar-refractivity contribution in [1.29, 1.82) is 0 Å². The van der Waals surface area contributed by atoms with Crippen molar-refractivity contribution in [3.63, 3.8) is 0 Å². The number of hydrogen-bond donors (Lipinski definition) is 2. The largest absolute Gasteiger partial charge is 0.336 e. The van der Waals surface area contributed by atoms with Gasteiger partial charge in [0.05, 0.1) is 6.04 Å². The summed E-state index contributed by atoms with van der Waals surface area (Å²) in [4.78, 5) is 44.6. The van der Waals surface area contributed by atoms with Crippen molar-refractivity contribution in [2.24, 2.45) is 5.41 Å². The van der Waals surface area contributed by atoms with Crippen molar-refractivity contribution in [3.8, 4) is 0 Å². The van der Waals surface area contributed by atoms with Crippen molar-refractivity contribution in [2.75, 3.05) is 11.9 Å². The zero-order valence-corrected chi connectivity index (χ0v) is 25.0. The van der Waals surface area contributed by atoms with Gasteiger partial charge < -0.3 is 15.5 Å². The first-order valence-electron chi connectivity index (χ1n) is 14.5. The molecule has 2 atom stereocenters. The molecule has 1 fully saturated rings. The maximum absolute atomic E-state index is 13.9. The second-order valence-corrected chi connectivity index (χ2v) is 11.7. The van der Waals surface area contributed by atoms with E-state index in [0.29, 0.717) is 23.2 Å². The smallest absolute Gasteiger partial charge is 0.252 e. The van der Waals surface area contributed by atoms with Gasteiger partial charge in [0.1, 0.15) is 6.04 Å². The van der Waals surface area contributed by atoms with Gasteiger partial charge in [-0.1, -0.05) is 76.6 Å². The molecule has 41 heavy (non-hydrogen) atoms. The van der Waals surface area contributed by atoms with Gasteiger partial charge in [0.2, 0.25) is 11.8 Å². The fraction of sp³-hybridized carbons (Fsp3) is 0.412. The Balaban J connectivity index is 0.000000587. The molecule has 0 spiro atoms. The van der Waals surface area contributed by atoms with E-state index < -0.39 is 6.04 Å². The molecule has 1 saturated heterocycles. The number of nitrogens with one attached hydrogen (secondary N) is 2. The van der Waals surface area contributed by atoms with E-state index in [0.717, 1.165) is 30.4 Å². The van der Waals surface area contributed by atoms with E-state index in [1.165, 1.54) is 19.8 Å². The lowest BCUT2D eigenvalue weighted by atomic mass is 9.91. The topological polar surface area (TPSA) is 91.4 Å². The van der Waals surface area contributed by atoms with E-state index in [1.807, 2.05) is 47.4 Å². The Hall–Kier alpha value is -4.00. The molecule has 3 aromatic rings. The number of amides is 3. The molecule has 4 rings (SSSR count). The number of carbonyl (C=O) groups is 3. The number of anilines is 1. The molecule has 2 heterocycles. The minimum Gasteiger partial charge on any atom is -0.336 e. The molecule has 1 aliphatic heterocycles. The molecular formula is C34H44N4O3. The quantitative estimate of drug-likeness (QED) is 0.325. The Morgan fingerprint density at radius 3 is 2.37 bits per heavy atom. The van der Waals surface area contributed by atoms with E-state index in [2.05, 4.69) is 43.3 Å². The Kier molecular flexibility index (Phi) is 11.6. The fourth-order valence-electron chi connectivity index (χ4n) is 5.12. The summed E-state index contributed by atoms with van der Waals surface area (Å²) in [5.74, 6) is -0.753. The number of nitrogens with zero attached hydrogens (tertiary/aromatic N) is 2. The van der Waals surface area contributed by atoms with Crippen LogP contribution in [0.1, 0.15) is 100 Å². The Labute approximate surface area is 244 Å². The van der Waals surface area contributed by atoms with Crippen LogP contribution in [0.15, 0.2) is 79.1 Å². The van der Waals surface area contributed by atoms with Crippen molar-refractivity contribution >= 4 is 23.4 Å². The third-order valence-corrected chi connectivity index (χ3v) is 6.96. The van der Waals surface area contributed by atoms with Crippen LogP contribution in [-0.4, -0.2) is 34.2 Å². The van der Waals surface area contributed by atoms with Crippen LogP contribution < -0.4 is 10.6 Å². The molecule has 3 amide bonds. The number of rotatable bonds is 7.